The summed E-state index contributed by atoms with van der Waals surface area (Å²) in [6, 6.07) is 2.94. The van der Waals surface area contributed by atoms with Crippen LogP contribution in [0.1, 0.15) is 16.8 Å². The van der Waals surface area contributed by atoms with Gasteiger partial charge in [-0.05, 0) is 13.5 Å². The molecule has 1 fully saturated rings. The number of likely N-dealkylation sites (N-methyl/N-ethyl adjacent to an activating group) is 1. The first-order chi connectivity index (χ1) is 9.65. The Morgan fingerprint density at radius 3 is 2.60 bits per heavy atom. The summed E-state index contributed by atoms with van der Waals surface area (Å²) in [5, 5.41) is 10.9. The molecular formula is C14H21N3O3. The van der Waals surface area contributed by atoms with E-state index in [9.17, 15) is 10.0 Å². The van der Waals surface area contributed by atoms with E-state index in [4.69, 9.17) is 4.74 Å². The highest BCUT2D eigenvalue weighted by Crippen LogP contribution is 2.02. The summed E-state index contributed by atoms with van der Waals surface area (Å²) in [6.45, 7) is 5.71. The Bertz CT molecular complexity index is 428. The van der Waals surface area contributed by atoms with Crippen molar-refractivity contribution in [1.82, 2.24) is 9.80 Å². The normalized spacial score (nSPS) is 17.1. The minimum absolute atomic E-state index is 0.371. The Labute approximate surface area is 119 Å². The molecule has 0 unspecified atom stereocenters. The van der Waals surface area contributed by atoms with Gasteiger partial charge in [-0.15, -0.1) is 0 Å². The number of hydrogen-bond donors (Lipinski definition) is 0. The molecule has 0 saturated carbocycles. The Kier molecular flexibility index (Phi) is 5.31. The molecule has 0 atom stereocenters. The molecular weight excluding hydrogens is 258 g/mol. The van der Waals surface area contributed by atoms with E-state index in [1.165, 1.54) is 24.5 Å². The summed E-state index contributed by atoms with van der Waals surface area (Å²) in [5.41, 5.74) is 0.414. The highest BCUT2D eigenvalue weighted by molar-refractivity contribution is 5.88. The Balaban J connectivity index is 1.63. The van der Waals surface area contributed by atoms with Crippen molar-refractivity contribution in [2.24, 2.45) is 0 Å². The van der Waals surface area contributed by atoms with Crippen LogP contribution in [0.15, 0.2) is 24.5 Å². The van der Waals surface area contributed by atoms with Gasteiger partial charge in [0.2, 0.25) is 0 Å². The molecule has 0 radical (unpaired) electrons. The summed E-state index contributed by atoms with van der Waals surface area (Å²) in [5.74, 6) is -0.371. The topological polar surface area (TPSA) is 59.7 Å². The van der Waals surface area contributed by atoms with Crippen molar-refractivity contribution in [2.45, 2.75) is 6.42 Å². The van der Waals surface area contributed by atoms with Crippen molar-refractivity contribution in [3.05, 3.63) is 35.3 Å². The molecule has 1 aromatic rings. The summed E-state index contributed by atoms with van der Waals surface area (Å²) >= 11 is 0. The minimum atomic E-state index is -0.371. The molecule has 0 aliphatic carbocycles. The Hall–Kier alpha value is -1.66. The molecule has 110 valence electrons. The first-order valence-electron chi connectivity index (χ1n) is 6.92. The summed E-state index contributed by atoms with van der Waals surface area (Å²) in [6.07, 6.45) is 3.42. The van der Waals surface area contributed by atoms with Crippen LogP contribution in [-0.2, 0) is 4.74 Å². The van der Waals surface area contributed by atoms with Crippen LogP contribution in [0, 0.1) is 5.21 Å². The highest BCUT2D eigenvalue weighted by Gasteiger charge is 2.13. The largest absolute Gasteiger partial charge is 0.619 e. The second-order valence-electron chi connectivity index (χ2n) is 5.08. The second kappa shape index (κ2) is 7.21. The number of ether oxygens (including phenoxy) is 1. The molecule has 1 saturated heterocycles. The van der Waals surface area contributed by atoms with Crippen molar-refractivity contribution in [2.75, 3.05) is 46.4 Å². The van der Waals surface area contributed by atoms with Crippen LogP contribution in [-0.4, -0.2) is 62.1 Å². The van der Waals surface area contributed by atoms with Crippen LogP contribution in [0.5, 0.6) is 0 Å². The van der Waals surface area contributed by atoms with Gasteiger partial charge in [-0.3, -0.25) is 0 Å². The molecule has 0 N–H and O–H groups in total. The first-order valence-corrected chi connectivity index (χ1v) is 6.92. The van der Waals surface area contributed by atoms with Crippen LogP contribution in [0.2, 0.25) is 0 Å². The molecule has 1 aliphatic heterocycles. The number of nitrogens with zero attached hydrogens (tertiary/aromatic N) is 3. The third kappa shape index (κ3) is 4.47. The quantitative estimate of drug-likeness (QED) is 0.331. The van der Waals surface area contributed by atoms with Gasteiger partial charge in [0, 0.05) is 44.9 Å². The number of carbonyl (C=O) groups excluding carboxylic acids is 1. The zero-order valence-corrected chi connectivity index (χ0v) is 11.8. The second-order valence-corrected chi connectivity index (χ2v) is 5.08. The molecule has 0 aromatic carbocycles. The van der Waals surface area contributed by atoms with Gasteiger partial charge in [-0.2, -0.15) is 4.73 Å². The van der Waals surface area contributed by atoms with Crippen molar-refractivity contribution in [1.29, 1.82) is 0 Å². The summed E-state index contributed by atoms with van der Waals surface area (Å²) in [7, 11) is 2.13. The van der Waals surface area contributed by atoms with E-state index in [-0.39, 0.29) is 5.97 Å². The van der Waals surface area contributed by atoms with Gasteiger partial charge in [0.25, 0.3) is 0 Å². The molecule has 1 aliphatic rings. The van der Waals surface area contributed by atoms with E-state index in [2.05, 4.69) is 16.8 Å². The van der Waals surface area contributed by atoms with Crippen molar-refractivity contribution < 1.29 is 14.3 Å². The van der Waals surface area contributed by atoms with E-state index in [0.717, 1.165) is 39.1 Å². The lowest BCUT2D eigenvalue weighted by Gasteiger charge is -2.32. The molecule has 1 aromatic heterocycles. The summed E-state index contributed by atoms with van der Waals surface area (Å²) < 4.78 is 5.84. The van der Waals surface area contributed by atoms with Crippen LogP contribution in [0.4, 0.5) is 0 Å². The lowest BCUT2D eigenvalue weighted by Crippen LogP contribution is -2.44. The molecule has 6 heteroatoms. The lowest BCUT2D eigenvalue weighted by atomic mass is 10.3. The first kappa shape index (κ1) is 14.7. The minimum Gasteiger partial charge on any atom is -0.619 e. The smallest absolute Gasteiger partial charge is 0.338 e. The van der Waals surface area contributed by atoms with Gasteiger partial charge in [0.1, 0.15) is 0 Å². The van der Waals surface area contributed by atoms with Crippen LogP contribution in [0.3, 0.4) is 0 Å². The number of aromatic nitrogens is 1. The predicted molar refractivity (Wildman–Crippen MR) is 74.2 cm³/mol. The number of rotatable bonds is 5. The third-order valence-corrected chi connectivity index (χ3v) is 3.49. The predicted octanol–water partition coefficient (Wildman–Crippen LogP) is 0.114. The van der Waals surface area contributed by atoms with Crippen LogP contribution in [0.25, 0.3) is 0 Å². The SMILES string of the molecule is CN1CCN(CCCOC(=O)c2cc[n+]([O-])cc2)CC1. The maximum Gasteiger partial charge on any atom is 0.338 e. The zero-order valence-electron chi connectivity index (χ0n) is 11.8. The fraction of sp³-hybridized carbons (Fsp3) is 0.571. The van der Waals surface area contributed by atoms with E-state index < -0.39 is 0 Å². The Morgan fingerprint density at radius 2 is 1.95 bits per heavy atom. The van der Waals surface area contributed by atoms with Gasteiger partial charge in [0.15, 0.2) is 12.4 Å². The van der Waals surface area contributed by atoms with Crippen LogP contribution < -0.4 is 4.73 Å². The fourth-order valence-corrected chi connectivity index (χ4v) is 2.16. The maximum atomic E-state index is 11.7. The maximum absolute atomic E-state index is 11.7. The monoisotopic (exact) mass is 279 g/mol. The van der Waals surface area contributed by atoms with E-state index in [1.807, 2.05) is 0 Å². The molecule has 6 nitrogen and oxygen atoms in total. The van der Waals surface area contributed by atoms with Gasteiger partial charge in [-0.1, -0.05) is 0 Å². The molecule has 0 spiro atoms. The third-order valence-electron chi connectivity index (χ3n) is 3.49. The Morgan fingerprint density at radius 1 is 1.30 bits per heavy atom. The average Bonchev–Trinajstić information content (AvgIpc) is 2.46. The van der Waals surface area contributed by atoms with Gasteiger partial charge in [0.05, 0.1) is 12.2 Å². The molecule has 2 heterocycles. The molecule has 0 bridgehead atoms. The zero-order chi connectivity index (χ0) is 14.4. The summed E-state index contributed by atoms with van der Waals surface area (Å²) in [4.78, 5) is 16.4. The van der Waals surface area contributed by atoms with Crippen molar-refractivity contribution >= 4 is 5.97 Å². The number of pyridine rings is 1. The number of piperazine rings is 1. The van der Waals surface area contributed by atoms with E-state index in [0.29, 0.717) is 16.9 Å². The fourth-order valence-electron chi connectivity index (χ4n) is 2.16. The van der Waals surface area contributed by atoms with Gasteiger partial charge < -0.3 is 19.7 Å². The average molecular weight is 279 g/mol. The van der Waals surface area contributed by atoms with Gasteiger partial charge >= 0.3 is 5.97 Å². The lowest BCUT2D eigenvalue weighted by molar-refractivity contribution is -0.605. The van der Waals surface area contributed by atoms with Crippen LogP contribution >= 0.6 is 0 Å². The van der Waals surface area contributed by atoms with Gasteiger partial charge in [-0.25, -0.2) is 4.79 Å². The standard InChI is InChI=1S/C14H21N3O3/c1-15-8-10-16(11-9-15)5-2-12-20-14(18)13-3-6-17(19)7-4-13/h3-4,6-7H,2,5,8-12H2,1H3. The highest BCUT2D eigenvalue weighted by atomic mass is 16.5. The van der Waals surface area contributed by atoms with Crippen molar-refractivity contribution in [3.8, 4) is 0 Å². The van der Waals surface area contributed by atoms with E-state index in [1.54, 1.807) is 0 Å². The molecule has 2 rings (SSSR count). The molecule has 20 heavy (non-hydrogen) atoms. The number of carbonyl (C=O) groups is 1. The number of esters is 1. The van der Waals surface area contributed by atoms with Crippen molar-refractivity contribution in [3.63, 3.8) is 0 Å². The number of hydrogen-bond acceptors (Lipinski definition) is 5. The van der Waals surface area contributed by atoms with E-state index >= 15 is 0 Å². The molecule has 0 amide bonds.